The number of nitrogens with zero attached hydrogens (tertiary/aromatic N) is 2. The lowest BCUT2D eigenvalue weighted by atomic mass is 9.81. The van der Waals surface area contributed by atoms with Gasteiger partial charge in [0.25, 0.3) is 0 Å². The third-order valence-corrected chi connectivity index (χ3v) is 6.79. The summed E-state index contributed by atoms with van der Waals surface area (Å²) < 4.78 is 2.47. The maximum absolute atomic E-state index is 2.59. The first-order chi connectivity index (χ1) is 12.8. The number of fused-ring (bicyclic) bond motifs is 3. The van der Waals surface area contributed by atoms with Crippen molar-refractivity contribution in [3.63, 3.8) is 0 Å². The summed E-state index contributed by atoms with van der Waals surface area (Å²) in [7, 11) is 2.32. The number of aromatic nitrogens is 1. The quantitative estimate of drug-likeness (QED) is 0.266. The molecule has 0 unspecified atom stereocenters. The van der Waals surface area contributed by atoms with Crippen molar-refractivity contribution in [2.75, 3.05) is 13.6 Å². The van der Waals surface area contributed by atoms with Crippen molar-refractivity contribution in [3.8, 4) is 0 Å². The summed E-state index contributed by atoms with van der Waals surface area (Å²) in [5.41, 5.74) is 3.25. The zero-order valence-corrected chi connectivity index (χ0v) is 19.9. The van der Waals surface area contributed by atoms with Crippen LogP contribution in [0.3, 0.4) is 0 Å². The van der Waals surface area contributed by atoms with Gasteiger partial charge in [-0.3, -0.25) is 4.90 Å². The summed E-state index contributed by atoms with van der Waals surface area (Å²) >= 11 is 0. The third kappa shape index (κ3) is 6.69. The van der Waals surface area contributed by atoms with E-state index < -0.39 is 0 Å². The SMILES string of the molecule is CCCCCCCCCCCC[n+]1ccc2c(c1)[C@@H]1[C@H](CC2)CCN1C.[I-]. The van der Waals surface area contributed by atoms with Crippen LogP contribution in [-0.2, 0) is 13.0 Å². The van der Waals surface area contributed by atoms with Crippen molar-refractivity contribution in [2.24, 2.45) is 5.92 Å². The monoisotopic (exact) mass is 484 g/mol. The Kier molecular flexibility index (Phi) is 10.6. The molecule has 1 aromatic heterocycles. The van der Waals surface area contributed by atoms with E-state index in [9.17, 15) is 0 Å². The zero-order valence-electron chi connectivity index (χ0n) is 17.8. The van der Waals surface area contributed by atoms with Crippen LogP contribution in [0.5, 0.6) is 0 Å². The molecule has 154 valence electrons. The number of halogens is 1. The molecule has 1 aliphatic carbocycles. The molecular formula is C24H41IN2. The van der Waals surface area contributed by atoms with Crippen LogP contribution in [0.4, 0.5) is 0 Å². The van der Waals surface area contributed by atoms with E-state index in [1.165, 1.54) is 96.6 Å². The lowest BCUT2D eigenvalue weighted by Gasteiger charge is -2.30. The Bertz CT molecular complexity index is 545. The van der Waals surface area contributed by atoms with Crippen molar-refractivity contribution in [1.29, 1.82) is 0 Å². The summed E-state index contributed by atoms with van der Waals surface area (Å²) in [6.45, 7) is 4.78. The highest BCUT2D eigenvalue weighted by molar-refractivity contribution is 5.29. The molecule has 2 heterocycles. The van der Waals surface area contributed by atoms with Crippen molar-refractivity contribution < 1.29 is 28.5 Å². The molecule has 2 nitrogen and oxygen atoms in total. The van der Waals surface area contributed by atoms with E-state index >= 15 is 0 Å². The van der Waals surface area contributed by atoms with E-state index in [0.29, 0.717) is 6.04 Å². The summed E-state index contributed by atoms with van der Waals surface area (Å²) in [5, 5.41) is 0. The number of rotatable bonds is 11. The molecule has 0 amide bonds. The first-order valence-corrected chi connectivity index (χ1v) is 11.5. The van der Waals surface area contributed by atoms with Crippen molar-refractivity contribution in [2.45, 2.75) is 103 Å². The molecule has 1 fully saturated rings. The van der Waals surface area contributed by atoms with E-state index in [-0.39, 0.29) is 24.0 Å². The minimum Gasteiger partial charge on any atom is -1.00 e. The van der Waals surface area contributed by atoms with E-state index in [1.807, 2.05) is 0 Å². The Hall–Kier alpha value is -0.160. The molecule has 2 aliphatic rings. The molecule has 27 heavy (non-hydrogen) atoms. The van der Waals surface area contributed by atoms with Gasteiger partial charge in [0.15, 0.2) is 12.4 Å². The maximum Gasteiger partial charge on any atom is 0.173 e. The van der Waals surface area contributed by atoms with Crippen LogP contribution in [0.15, 0.2) is 18.5 Å². The number of unbranched alkanes of at least 4 members (excludes halogenated alkanes) is 9. The Morgan fingerprint density at radius 1 is 0.963 bits per heavy atom. The molecular weight excluding hydrogens is 443 g/mol. The van der Waals surface area contributed by atoms with Crippen LogP contribution in [0.1, 0.15) is 101 Å². The third-order valence-electron chi connectivity index (χ3n) is 6.79. The highest BCUT2D eigenvalue weighted by atomic mass is 127. The van der Waals surface area contributed by atoms with Gasteiger partial charge in [0.1, 0.15) is 6.54 Å². The topological polar surface area (TPSA) is 7.12 Å². The molecule has 0 aromatic carbocycles. The molecule has 0 saturated carbocycles. The molecule has 0 radical (unpaired) electrons. The predicted octanol–water partition coefficient (Wildman–Crippen LogP) is 2.84. The smallest absolute Gasteiger partial charge is 0.173 e. The second kappa shape index (κ2) is 12.4. The van der Waals surface area contributed by atoms with Gasteiger partial charge in [-0.1, -0.05) is 58.3 Å². The first kappa shape index (κ1) is 23.1. The van der Waals surface area contributed by atoms with Crippen LogP contribution >= 0.6 is 0 Å². The van der Waals surface area contributed by atoms with E-state index in [0.717, 1.165) is 5.92 Å². The number of hydrogen-bond acceptors (Lipinski definition) is 1. The lowest BCUT2D eigenvalue weighted by molar-refractivity contribution is -0.698. The lowest BCUT2D eigenvalue weighted by Crippen LogP contribution is -3.00. The minimum atomic E-state index is 0. The maximum atomic E-state index is 2.59. The van der Waals surface area contributed by atoms with Crippen LogP contribution in [0.2, 0.25) is 0 Å². The molecule has 1 aromatic rings. The fourth-order valence-corrected chi connectivity index (χ4v) is 5.16. The molecule has 1 saturated heterocycles. The van der Waals surface area contributed by atoms with Crippen LogP contribution in [0.25, 0.3) is 0 Å². The van der Waals surface area contributed by atoms with Gasteiger partial charge in [0.2, 0.25) is 0 Å². The summed E-state index contributed by atoms with van der Waals surface area (Å²) in [6, 6.07) is 3.10. The van der Waals surface area contributed by atoms with Crippen LogP contribution in [0, 0.1) is 5.92 Å². The average Bonchev–Trinajstić information content (AvgIpc) is 3.04. The van der Waals surface area contributed by atoms with E-state index in [2.05, 4.69) is 41.9 Å². The fourth-order valence-electron chi connectivity index (χ4n) is 5.16. The zero-order chi connectivity index (χ0) is 18.2. The number of likely N-dealkylation sites (tertiary alicyclic amines) is 1. The van der Waals surface area contributed by atoms with Gasteiger partial charge in [0.05, 0.1) is 0 Å². The van der Waals surface area contributed by atoms with Crippen molar-refractivity contribution >= 4 is 0 Å². The van der Waals surface area contributed by atoms with Gasteiger partial charge in [-0.15, -0.1) is 0 Å². The standard InChI is InChI=1S/C24H41N2.HI/c1-3-4-5-6-7-8-9-10-11-12-17-26-19-16-21-13-14-22-15-18-25(2)24(22)23(21)20-26;/h16,19-20,22,24H,3-15,17-18H2,1-2H3;1H/q+1;/p-1/t22-,24+;/m1./s1. The van der Waals surface area contributed by atoms with Gasteiger partial charge < -0.3 is 24.0 Å². The van der Waals surface area contributed by atoms with Crippen molar-refractivity contribution in [3.05, 3.63) is 29.6 Å². The van der Waals surface area contributed by atoms with Crippen molar-refractivity contribution in [1.82, 2.24) is 4.90 Å². The normalized spacial score (nSPS) is 21.6. The second-order valence-electron chi connectivity index (χ2n) is 8.86. The molecule has 2 atom stereocenters. The molecule has 3 heteroatoms. The Labute approximate surface area is 185 Å². The Morgan fingerprint density at radius 3 is 2.33 bits per heavy atom. The summed E-state index contributed by atoms with van der Waals surface area (Å²) in [4.78, 5) is 2.59. The van der Waals surface area contributed by atoms with Crippen LogP contribution in [-0.4, -0.2) is 18.5 Å². The highest BCUT2D eigenvalue weighted by Gasteiger charge is 2.38. The molecule has 0 N–H and O–H groups in total. The highest BCUT2D eigenvalue weighted by Crippen LogP contribution is 2.43. The van der Waals surface area contributed by atoms with Gasteiger partial charge >= 0.3 is 0 Å². The van der Waals surface area contributed by atoms with Crippen LogP contribution < -0.4 is 28.5 Å². The summed E-state index contributed by atoms with van der Waals surface area (Å²) in [6.07, 6.45) is 23.1. The molecule has 0 spiro atoms. The minimum absolute atomic E-state index is 0. The van der Waals surface area contributed by atoms with Gasteiger partial charge in [-0.05, 0) is 50.8 Å². The van der Waals surface area contributed by atoms with E-state index in [4.69, 9.17) is 0 Å². The second-order valence-corrected chi connectivity index (χ2v) is 8.86. The molecule has 1 aliphatic heterocycles. The van der Waals surface area contributed by atoms with Gasteiger partial charge in [-0.25, -0.2) is 4.57 Å². The number of pyridine rings is 1. The predicted molar refractivity (Wildman–Crippen MR) is 110 cm³/mol. The number of hydrogen-bond donors (Lipinski definition) is 0. The first-order valence-electron chi connectivity index (χ1n) is 11.5. The largest absolute Gasteiger partial charge is 1.00 e. The van der Waals surface area contributed by atoms with Gasteiger partial charge in [-0.2, -0.15) is 0 Å². The fraction of sp³-hybridized carbons (Fsp3) is 0.792. The average molecular weight is 485 g/mol. The molecule has 3 rings (SSSR count). The number of aryl methyl sites for hydroxylation is 2. The van der Waals surface area contributed by atoms with E-state index in [1.54, 1.807) is 11.1 Å². The molecule has 0 bridgehead atoms. The Morgan fingerprint density at radius 2 is 1.63 bits per heavy atom. The van der Waals surface area contributed by atoms with Gasteiger partial charge in [0, 0.05) is 24.1 Å². The Balaban J connectivity index is 0.00000261. The summed E-state index contributed by atoms with van der Waals surface area (Å²) in [5.74, 6) is 0.903.